The summed E-state index contributed by atoms with van der Waals surface area (Å²) in [5, 5.41) is 14.9. The molecule has 0 aliphatic carbocycles. The Labute approximate surface area is 168 Å². The molecule has 6 nitrogen and oxygen atoms in total. The van der Waals surface area contributed by atoms with Gasteiger partial charge in [0.15, 0.2) is 10.9 Å². The first-order chi connectivity index (χ1) is 12.9. The van der Waals surface area contributed by atoms with Crippen LogP contribution in [-0.4, -0.2) is 27.5 Å². The summed E-state index contributed by atoms with van der Waals surface area (Å²) in [7, 11) is 0. The zero-order valence-electron chi connectivity index (χ0n) is 13.6. The number of carboxylic acids is 1. The minimum absolute atomic E-state index is 0.0981. The first-order valence-corrected chi connectivity index (χ1v) is 8.92. The smallest absolute Gasteiger partial charge is 0.356 e. The number of carbonyl (C=O) groups is 1. The van der Waals surface area contributed by atoms with E-state index in [9.17, 15) is 9.90 Å². The third-order valence-corrected chi connectivity index (χ3v) is 4.78. The summed E-state index contributed by atoms with van der Waals surface area (Å²) >= 11 is 18.1. The number of furan rings is 1. The number of aromatic carboxylic acids is 1. The summed E-state index contributed by atoms with van der Waals surface area (Å²) in [5.41, 5.74) is 2.15. The highest BCUT2D eigenvalue weighted by Gasteiger charge is 2.29. The molecule has 1 aliphatic heterocycles. The molecular formula is C18H11Cl3N2O4. The van der Waals surface area contributed by atoms with Crippen LogP contribution in [0.2, 0.25) is 15.3 Å². The van der Waals surface area contributed by atoms with Crippen molar-refractivity contribution in [2.45, 2.75) is 6.61 Å². The number of fused-ring (bicyclic) bond motifs is 1. The number of hydrogen-bond acceptors (Lipinski definition) is 4. The van der Waals surface area contributed by atoms with Crippen LogP contribution in [0.3, 0.4) is 0 Å². The van der Waals surface area contributed by atoms with Gasteiger partial charge in [0.25, 0.3) is 0 Å². The van der Waals surface area contributed by atoms with Crippen molar-refractivity contribution in [1.29, 1.82) is 0 Å². The van der Waals surface area contributed by atoms with E-state index in [1.807, 2.05) is 0 Å². The van der Waals surface area contributed by atoms with Crippen LogP contribution in [0.5, 0.6) is 0 Å². The molecule has 0 bridgehead atoms. The molecule has 0 radical (unpaired) electrons. The van der Waals surface area contributed by atoms with Crippen LogP contribution in [0, 0.1) is 0 Å². The molecule has 1 aliphatic rings. The molecule has 0 amide bonds. The van der Waals surface area contributed by atoms with Crippen molar-refractivity contribution in [3.8, 4) is 5.69 Å². The highest BCUT2D eigenvalue weighted by Crippen LogP contribution is 2.35. The van der Waals surface area contributed by atoms with Crippen molar-refractivity contribution >= 4 is 52.4 Å². The summed E-state index contributed by atoms with van der Waals surface area (Å²) in [5.74, 6) is -0.640. The van der Waals surface area contributed by atoms with Crippen molar-refractivity contribution in [3.05, 3.63) is 68.3 Å². The first-order valence-electron chi connectivity index (χ1n) is 7.78. The van der Waals surface area contributed by atoms with Crippen LogP contribution in [0.25, 0.3) is 17.3 Å². The van der Waals surface area contributed by atoms with Crippen molar-refractivity contribution in [1.82, 2.24) is 9.78 Å². The quantitative estimate of drug-likeness (QED) is 0.624. The van der Waals surface area contributed by atoms with E-state index < -0.39 is 5.97 Å². The maximum atomic E-state index is 11.7. The van der Waals surface area contributed by atoms with Crippen molar-refractivity contribution < 1.29 is 19.1 Å². The van der Waals surface area contributed by atoms with E-state index in [1.165, 1.54) is 4.68 Å². The van der Waals surface area contributed by atoms with E-state index in [0.29, 0.717) is 38.3 Å². The number of ether oxygens (including phenoxy) is 1. The topological polar surface area (TPSA) is 77.5 Å². The lowest BCUT2D eigenvalue weighted by molar-refractivity contribution is 0.0683. The Balaban J connectivity index is 1.95. The Morgan fingerprint density at radius 1 is 1.19 bits per heavy atom. The minimum atomic E-state index is -1.15. The molecule has 138 valence electrons. The molecule has 0 fully saturated rings. The van der Waals surface area contributed by atoms with E-state index in [2.05, 4.69) is 5.10 Å². The van der Waals surface area contributed by atoms with Crippen molar-refractivity contribution in [2.75, 3.05) is 6.61 Å². The first kappa shape index (κ1) is 18.1. The average molecular weight is 426 g/mol. The van der Waals surface area contributed by atoms with Gasteiger partial charge in [0.2, 0.25) is 0 Å². The predicted octanol–water partition coefficient (Wildman–Crippen LogP) is 5.19. The molecule has 0 saturated carbocycles. The normalized spacial score (nSPS) is 15.1. The van der Waals surface area contributed by atoms with Gasteiger partial charge in [-0.1, -0.05) is 23.2 Å². The monoisotopic (exact) mass is 424 g/mol. The third-order valence-electron chi connectivity index (χ3n) is 4.04. The van der Waals surface area contributed by atoms with Gasteiger partial charge in [-0.25, -0.2) is 9.48 Å². The van der Waals surface area contributed by atoms with Gasteiger partial charge in [0, 0.05) is 16.2 Å². The standard InChI is InChI=1S/C18H11Cl3N2O4/c19-10-1-3-14(13(20)6-10)23-17-9(5-11-2-4-15(21)27-11)7-26-8-12(17)16(22-23)18(24)25/h1-6H,7-8H2,(H,24,25)/b9-5-. The van der Waals surface area contributed by atoms with Crippen LogP contribution in [0.4, 0.5) is 0 Å². The molecule has 1 N–H and O–H groups in total. The van der Waals surface area contributed by atoms with E-state index in [4.69, 9.17) is 44.0 Å². The minimum Gasteiger partial charge on any atom is -0.476 e. The molecule has 3 heterocycles. The van der Waals surface area contributed by atoms with Gasteiger partial charge < -0.3 is 14.3 Å². The molecule has 2 aromatic heterocycles. The van der Waals surface area contributed by atoms with E-state index in [1.54, 1.807) is 36.4 Å². The molecule has 0 atom stereocenters. The van der Waals surface area contributed by atoms with Crippen LogP contribution < -0.4 is 0 Å². The molecule has 27 heavy (non-hydrogen) atoms. The number of benzene rings is 1. The summed E-state index contributed by atoms with van der Waals surface area (Å²) in [6, 6.07) is 8.24. The Kier molecular flexibility index (Phi) is 4.74. The lowest BCUT2D eigenvalue weighted by Gasteiger charge is -2.19. The Morgan fingerprint density at radius 3 is 2.67 bits per heavy atom. The molecule has 4 rings (SSSR count). The number of carboxylic acid groups (broad SMARTS) is 1. The molecular weight excluding hydrogens is 415 g/mol. The van der Waals surface area contributed by atoms with Crippen LogP contribution >= 0.6 is 34.8 Å². The summed E-state index contributed by atoms with van der Waals surface area (Å²) in [4.78, 5) is 11.7. The number of aromatic nitrogens is 2. The molecule has 1 aromatic carbocycles. The largest absolute Gasteiger partial charge is 0.476 e. The number of hydrogen-bond donors (Lipinski definition) is 1. The fourth-order valence-electron chi connectivity index (χ4n) is 2.94. The van der Waals surface area contributed by atoms with Crippen LogP contribution in [-0.2, 0) is 11.3 Å². The Morgan fingerprint density at radius 2 is 2.00 bits per heavy atom. The maximum absolute atomic E-state index is 11.7. The van der Waals surface area contributed by atoms with Gasteiger partial charge in [-0.15, -0.1) is 0 Å². The predicted molar refractivity (Wildman–Crippen MR) is 102 cm³/mol. The number of halogens is 3. The Hall–Kier alpha value is -2.25. The summed E-state index contributed by atoms with van der Waals surface area (Å²) in [6.45, 7) is 0.375. The molecule has 3 aromatic rings. The van der Waals surface area contributed by atoms with Crippen molar-refractivity contribution in [2.24, 2.45) is 0 Å². The second-order valence-corrected chi connectivity index (χ2v) is 7.01. The lowest BCUT2D eigenvalue weighted by atomic mass is 10.0. The van der Waals surface area contributed by atoms with Crippen LogP contribution in [0.15, 0.2) is 34.7 Å². The van der Waals surface area contributed by atoms with E-state index in [-0.39, 0.29) is 24.1 Å². The fourth-order valence-corrected chi connectivity index (χ4v) is 3.58. The van der Waals surface area contributed by atoms with E-state index >= 15 is 0 Å². The Bertz CT molecular complexity index is 1080. The molecule has 0 unspecified atom stereocenters. The van der Waals surface area contributed by atoms with Gasteiger partial charge in [-0.3, -0.25) is 0 Å². The second-order valence-electron chi connectivity index (χ2n) is 5.79. The highest BCUT2D eigenvalue weighted by molar-refractivity contribution is 6.35. The highest BCUT2D eigenvalue weighted by atomic mass is 35.5. The summed E-state index contributed by atoms with van der Waals surface area (Å²) < 4.78 is 12.4. The maximum Gasteiger partial charge on any atom is 0.356 e. The third kappa shape index (κ3) is 3.37. The van der Waals surface area contributed by atoms with E-state index in [0.717, 1.165) is 0 Å². The zero-order chi connectivity index (χ0) is 19.1. The van der Waals surface area contributed by atoms with Gasteiger partial charge in [-0.05, 0) is 48.0 Å². The van der Waals surface area contributed by atoms with Gasteiger partial charge in [-0.2, -0.15) is 5.10 Å². The van der Waals surface area contributed by atoms with Crippen LogP contribution in [0.1, 0.15) is 27.5 Å². The molecule has 9 heteroatoms. The second kappa shape index (κ2) is 7.05. The SMILES string of the molecule is O=C(O)c1nn(-c2ccc(Cl)cc2Cl)c2c1COC/C2=C/c1ccc(Cl)o1. The number of nitrogens with zero attached hydrogens (tertiary/aromatic N) is 2. The zero-order valence-corrected chi connectivity index (χ0v) is 15.8. The van der Waals surface area contributed by atoms with Crippen molar-refractivity contribution in [3.63, 3.8) is 0 Å². The lowest BCUT2D eigenvalue weighted by Crippen LogP contribution is -2.13. The summed E-state index contributed by atoms with van der Waals surface area (Å²) in [6.07, 6.45) is 1.73. The molecule has 0 saturated heterocycles. The molecule has 0 spiro atoms. The van der Waals surface area contributed by atoms with Gasteiger partial charge >= 0.3 is 5.97 Å². The fraction of sp³-hybridized carbons (Fsp3) is 0.111. The number of rotatable bonds is 3. The van der Waals surface area contributed by atoms with Gasteiger partial charge in [0.1, 0.15) is 5.76 Å². The van der Waals surface area contributed by atoms with Gasteiger partial charge in [0.05, 0.1) is 29.6 Å². The average Bonchev–Trinajstić information content (AvgIpc) is 3.19.